The van der Waals surface area contributed by atoms with Crippen LogP contribution in [0.15, 0.2) is 54.6 Å². The number of anilines is 1. The molecule has 4 nitrogen and oxygen atoms in total. The van der Waals surface area contributed by atoms with E-state index in [0.717, 1.165) is 37.4 Å². The predicted molar refractivity (Wildman–Crippen MR) is 106 cm³/mol. The Morgan fingerprint density at radius 3 is 2.58 bits per heavy atom. The van der Waals surface area contributed by atoms with E-state index in [4.69, 9.17) is 4.74 Å². The Balaban J connectivity index is 1.68. The molecule has 0 aromatic heterocycles. The Labute approximate surface area is 156 Å². The van der Waals surface area contributed by atoms with Gasteiger partial charge in [0, 0.05) is 24.3 Å². The molecule has 1 amide bonds. The van der Waals surface area contributed by atoms with Gasteiger partial charge in [-0.25, -0.2) is 0 Å². The minimum atomic E-state index is -0.362. The highest BCUT2D eigenvalue weighted by atomic mass is 16.5. The monoisotopic (exact) mass is 352 g/mol. The Morgan fingerprint density at radius 2 is 1.85 bits per heavy atom. The van der Waals surface area contributed by atoms with Gasteiger partial charge in [0.25, 0.3) is 0 Å². The molecule has 3 rings (SSSR count). The van der Waals surface area contributed by atoms with Crippen molar-refractivity contribution < 1.29 is 9.53 Å². The van der Waals surface area contributed by atoms with Crippen LogP contribution in [0, 0.1) is 5.41 Å². The lowest BCUT2D eigenvalue weighted by Crippen LogP contribution is -2.50. The molecule has 2 aromatic carbocycles. The van der Waals surface area contributed by atoms with Crippen LogP contribution in [0.1, 0.15) is 33.6 Å². The number of likely N-dealkylation sites (tertiary alicyclic amines) is 1. The van der Waals surface area contributed by atoms with E-state index in [1.54, 1.807) is 0 Å². The van der Waals surface area contributed by atoms with E-state index in [1.807, 2.05) is 54.6 Å². The lowest BCUT2D eigenvalue weighted by atomic mass is 9.80. The van der Waals surface area contributed by atoms with E-state index in [1.165, 1.54) is 0 Å². The fourth-order valence-electron chi connectivity index (χ4n) is 3.45. The van der Waals surface area contributed by atoms with Crippen LogP contribution in [0.2, 0.25) is 0 Å². The Hall–Kier alpha value is -2.33. The zero-order valence-electron chi connectivity index (χ0n) is 15.9. The summed E-state index contributed by atoms with van der Waals surface area (Å²) in [6.07, 6.45) is 1.97. The summed E-state index contributed by atoms with van der Waals surface area (Å²) >= 11 is 0. The fraction of sp³-hybridized carbons (Fsp3) is 0.409. The standard InChI is InChI=1S/C22H28N2O2/c1-17(2)24-14-8-13-22(3,16-24)21(25)23-18-9-7-12-20(15-18)26-19-10-5-4-6-11-19/h4-7,9-12,15,17H,8,13-14,16H2,1-3H3,(H,23,25). The van der Waals surface area contributed by atoms with Crippen LogP contribution >= 0.6 is 0 Å². The van der Waals surface area contributed by atoms with Gasteiger partial charge in [0.05, 0.1) is 5.41 Å². The molecule has 1 N–H and O–H groups in total. The molecule has 0 spiro atoms. The third kappa shape index (κ3) is 4.44. The molecular weight excluding hydrogens is 324 g/mol. The van der Waals surface area contributed by atoms with E-state index in [2.05, 4.69) is 31.0 Å². The molecule has 0 aliphatic carbocycles. The summed E-state index contributed by atoms with van der Waals surface area (Å²) < 4.78 is 5.86. The summed E-state index contributed by atoms with van der Waals surface area (Å²) in [4.78, 5) is 15.3. The molecule has 1 saturated heterocycles. The highest BCUT2D eigenvalue weighted by Gasteiger charge is 2.38. The fourth-order valence-corrected chi connectivity index (χ4v) is 3.45. The molecular formula is C22H28N2O2. The molecule has 26 heavy (non-hydrogen) atoms. The average Bonchev–Trinajstić information content (AvgIpc) is 2.63. The number of nitrogens with one attached hydrogen (secondary N) is 1. The highest BCUT2D eigenvalue weighted by molar-refractivity contribution is 5.95. The molecule has 0 saturated carbocycles. The third-order valence-corrected chi connectivity index (χ3v) is 5.08. The number of amides is 1. The number of piperidine rings is 1. The average molecular weight is 352 g/mol. The smallest absolute Gasteiger partial charge is 0.231 e. The molecule has 1 atom stereocenters. The van der Waals surface area contributed by atoms with Crippen molar-refractivity contribution in [3.05, 3.63) is 54.6 Å². The van der Waals surface area contributed by atoms with E-state index >= 15 is 0 Å². The summed E-state index contributed by atoms with van der Waals surface area (Å²) in [7, 11) is 0. The second-order valence-corrected chi connectivity index (χ2v) is 7.63. The van der Waals surface area contributed by atoms with Crippen molar-refractivity contribution in [2.45, 2.75) is 39.7 Å². The van der Waals surface area contributed by atoms with Gasteiger partial charge in [0.2, 0.25) is 5.91 Å². The Bertz CT molecular complexity index is 745. The normalized spacial score (nSPS) is 20.8. The topological polar surface area (TPSA) is 41.6 Å². The van der Waals surface area contributed by atoms with Crippen LogP contribution in [0.4, 0.5) is 5.69 Å². The van der Waals surface area contributed by atoms with Gasteiger partial charge in [-0.1, -0.05) is 24.3 Å². The van der Waals surface area contributed by atoms with Gasteiger partial charge in [0.15, 0.2) is 0 Å². The zero-order valence-corrected chi connectivity index (χ0v) is 15.9. The van der Waals surface area contributed by atoms with Gasteiger partial charge < -0.3 is 10.1 Å². The maximum absolute atomic E-state index is 12.9. The summed E-state index contributed by atoms with van der Waals surface area (Å²) in [5.41, 5.74) is 0.407. The number of carbonyl (C=O) groups is 1. The number of nitrogens with zero attached hydrogens (tertiary/aromatic N) is 1. The first-order chi connectivity index (χ1) is 12.5. The first-order valence-electron chi connectivity index (χ1n) is 9.35. The quantitative estimate of drug-likeness (QED) is 0.830. The maximum atomic E-state index is 12.9. The maximum Gasteiger partial charge on any atom is 0.231 e. The lowest BCUT2D eigenvalue weighted by molar-refractivity contribution is -0.128. The number of hydrogen-bond donors (Lipinski definition) is 1. The molecule has 1 fully saturated rings. The van der Waals surface area contributed by atoms with Gasteiger partial charge in [-0.05, 0) is 64.4 Å². The third-order valence-electron chi connectivity index (χ3n) is 5.08. The molecule has 138 valence electrons. The molecule has 0 bridgehead atoms. The van der Waals surface area contributed by atoms with Crippen molar-refractivity contribution in [2.75, 3.05) is 18.4 Å². The van der Waals surface area contributed by atoms with Crippen molar-refractivity contribution in [3.63, 3.8) is 0 Å². The molecule has 1 unspecified atom stereocenters. The largest absolute Gasteiger partial charge is 0.457 e. The van der Waals surface area contributed by atoms with Crippen LogP contribution in [0.25, 0.3) is 0 Å². The SMILES string of the molecule is CC(C)N1CCCC(C)(C(=O)Nc2cccc(Oc3ccccc3)c2)C1. The molecule has 1 aliphatic rings. The second kappa shape index (κ2) is 7.92. The van der Waals surface area contributed by atoms with E-state index < -0.39 is 0 Å². The van der Waals surface area contributed by atoms with E-state index in [-0.39, 0.29) is 11.3 Å². The minimum absolute atomic E-state index is 0.0831. The Kier molecular flexibility index (Phi) is 5.62. The van der Waals surface area contributed by atoms with Crippen LogP contribution in [-0.4, -0.2) is 29.9 Å². The first kappa shape index (κ1) is 18.5. The van der Waals surface area contributed by atoms with Gasteiger partial charge in [0.1, 0.15) is 11.5 Å². The molecule has 4 heteroatoms. The summed E-state index contributed by atoms with van der Waals surface area (Å²) in [5.74, 6) is 1.58. The number of para-hydroxylation sites is 1. The number of rotatable bonds is 5. The van der Waals surface area contributed by atoms with Crippen molar-refractivity contribution in [3.8, 4) is 11.5 Å². The van der Waals surface area contributed by atoms with Crippen molar-refractivity contribution in [2.24, 2.45) is 5.41 Å². The molecule has 1 heterocycles. The summed E-state index contributed by atoms with van der Waals surface area (Å²) in [6.45, 7) is 8.32. The first-order valence-corrected chi connectivity index (χ1v) is 9.35. The molecule has 1 aliphatic heterocycles. The van der Waals surface area contributed by atoms with Gasteiger partial charge in [-0.3, -0.25) is 9.69 Å². The molecule has 2 aromatic rings. The number of ether oxygens (including phenoxy) is 1. The van der Waals surface area contributed by atoms with Crippen LogP contribution in [-0.2, 0) is 4.79 Å². The molecule has 0 radical (unpaired) electrons. The second-order valence-electron chi connectivity index (χ2n) is 7.63. The summed E-state index contributed by atoms with van der Waals surface area (Å²) in [5, 5.41) is 3.09. The van der Waals surface area contributed by atoms with Crippen LogP contribution < -0.4 is 10.1 Å². The van der Waals surface area contributed by atoms with Crippen LogP contribution in [0.5, 0.6) is 11.5 Å². The number of hydrogen-bond acceptors (Lipinski definition) is 3. The van der Waals surface area contributed by atoms with Gasteiger partial charge >= 0.3 is 0 Å². The number of benzene rings is 2. The number of carbonyl (C=O) groups excluding carboxylic acids is 1. The van der Waals surface area contributed by atoms with Crippen molar-refractivity contribution in [1.29, 1.82) is 0 Å². The Morgan fingerprint density at radius 1 is 1.12 bits per heavy atom. The lowest BCUT2D eigenvalue weighted by Gasteiger charge is -2.41. The highest BCUT2D eigenvalue weighted by Crippen LogP contribution is 2.32. The van der Waals surface area contributed by atoms with Crippen molar-refractivity contribution in [1.82, 2.24) is 4.90 Å². The summed E-state index contributed by atoms with van der Waals surface area (Å²) in [6, 6.07) is 17.7. The van der Waals surface area contributed by atoms with E-state index in [9.17, 15) is 4.79 Å². The zero-order chi connectivity index (χ0) is 18.6. The van der Waals surface area contributed by atoms with E-state index in [0.29, 0.717) is 11.8 Å². The van der Waals surface area contributed by atoms with Crippen molar-refractivity contribution >= 4 is 11.6 Å². The predicted octanol–water partition coefficient (Wildman–Crippen LogP) is 4.93. The minimum Gasteiger partial charge on any atom is -0.457 e. The van der Waals surface area contributed by atoms with Gasteiger partial charge in [-0.15, -0.1) is 0 Å². The van der Waals surface area contributed by atoms with Crippen LogP contribution in [0.3, 0.4) is 0 Å². The van der Waals surface area contributed by atoms with Gasteiger partial charge in [-0.2, -0.15) is 0 Å².